The number of benzene rings is 2. The fraction of sp³-hybridized carbons (Fsp3) is 0.235. The van der Waals surface area contributed by atoms with Crippen molar-refractivity contribution in [3.63, 3.8) is 0 Å². The SMILES string of the molecule is CC(C)c1ccc(OCC(=O)c2ccc(I)cc2)cc1. The molecule has 2 rings (SSSR count). The molecule has 20 heavy (non-hydrogen) atoms. The molecule has 0 N–H and O–H groups in total. The number of Topliss-reactive ketones (excluding diaryl/α,β-unsaturated/α-hetero) is 1. The summed E-state index contributed by atoms with van der Waals surface area (Å²) in [5.41, 5.74) is 1.95. The molecule has 0 fully saturated rings. The van der Waals surface area contributed by atoms with Gasteiger partial charge in [0, 0.05) is 9.13 Å². The van der Waals surface area contributed by atoms with Crippen molar-refractivity contribution in [2.45, 2.75) is 19.8 Å². The number of carbonyl (C=O) groups is 1. The summed E-state index contributed by atoms with van der Waals surface area (Å²) in [4.78, 5) is 12.0. The topological polar surface area (TPSA) is 26.3 Å². The molecule has 2 nitrogen and oxygen atoms in total. The van der Waals surface area contributed by atoms with Gasteiger partial charge < -0.3 is 4.74 Å². The van der Waals surface area contributed by atoms with Crippen LogP contribution in [-0.4, -0.2) is 12.4 Å². The maximum atomic E-state index is 12.0. The van der Waals surface area contributed by atoms with Crippen molar-refractivity contribution in [3.8, 4) is 5.75 Å². The first-order chi connectivity index (χ1) is 9.56. The van der Waals surface area contributed by atoms with Gasteiger partial charge >= 0.3 is 0 Å². The Hall–Kier alpha value is -1.36. The predicted molar refractivity (Wildman–Crippen MR) is 89.5 cm³/mol. The zero-order valence-corrected chi connectivity index (χ0v) is 13.8. The van der Waals surface area contributed by atoms with Crippen LogP contribution in [0.2, 0.25) is 0 Å². The molecular formula is C17H17IO2. The van der Waals surface area contributed by atoms with E-state index in [9.17, 15) is 4.79 Å². The maximum absolute atomic E-state index is 12.0. The summed E-state index contributed by atoms with van der Waals surface area (Å²) >= 11 is 2.22. The standard InChI is InChI=1S/C17H17IO2/c1-12(2)13-5-9-16(10-6-13)20-11-17(19)14-3-7-15(18)8-4-14/h3-10,12H,11H2,1-2H3. The minimum atomic E-state index is -0.00524. The highest BCUT2D eigenvalue weighted by atomic mass is 127. The Morgan fingerprint density at radius 3 is 2.20 bits per heavy atom. The molecule has 2 aromatic carbocycles. The van der Waals surface area contributed by atoms with Crippen LogP contribution >= 0.6 is 22.6 Å². The summed E-state index contributed by atoms with van der Waals surface area (Å²) < 4.78 is 6.65. The number of carbonyl (C=O) groups excluding carboxylic acids is 1. The number of ketones is 1. The normalized spacial score (nSPS) is 10.6. The average Bonchev–Trinajstić information content (AvgIpc) is 2.46. The van der Waals surface area contributed by atoms with Gasteiger partial charge in [0.1, 0.15) is 5.75 Å². The Balaban J connectivity index is 1.94. The summed E-state index contributed by atoms with van der Waals surface area (Å²) in [6.07, 6.45) is 0. The molecule has 0 radical (unpaired) electrons. The second kappa shape index (κ2) is 6.88. The summed E-state index contributed by atoms with van der Waals surface area (Å²) in [5.74, 6) is 1.22. The summed E-state index contributed by atoms with van der Waals surface area (Å²) in [6, 6.07) is 15.4. The van der Waals surface area contributed by atoms with Gasteiger partial charge in [0.05, 0.1) is 0 Å². The second-order valence-electron chi connectivity index (χ2n) is 4.94. The van der Waals surface area contributed by atoms with Crippen molar-refractivity contribution < 1.29 is 9.53 Å². The zero-order chi connectivity index (χ0) is 14.5. The number of hydrogen-bond acceptors (Lipinski definition) is 2. The minimum Gasteiger partial charge on any atom is -0.485 e. The van der Waals surface area contributed by atoms with Crippen molar-refractivity contribution in [1.82, 2.24) is 0 Å². The maximum Gasteiger partial charge on any atom is 0.200 e. The molecule has 0 aliphatic heterocycles. The van der Waals surface area contributed by atoms with Crippen LogP contribution in [0.5, 0.6) is 5.75 Å². The van der Waals surface area contributed by atoms with Crippen LogP contribution in [0.3, 0.4) is 0 Å². The van der Waals surface area contributed by atoms with Gasteiger partial charge in [0.2, 0.25) is 0 Å². The Morgan fingerprint density at radius 2 is 1.65 bits per heavy atom. The highest BCUT2D eigenvalue weighted by Gasteiger charge is 2.07. The molecular weight excluding hydrogens is 363 g/mol. The third kappa shape index (κ3) is 4.07. The molecule has 104 valence electrons. The van der Waals surface area contributed by atoms with Crippen molar-refractivity contribution in [2.24, 2.45) is 0 Å². The van der Waals surface area contributed by atoms with Crippen LogP contribution in [0.4, 0.5) is 0 Å². The Labute approximate surface area is 133 Å². The van der Waals surface area contributed by atoms with E-state index in [0.29, 0.717) is 11.5 Å². The lowest BCUT2D eigenvalue weighted by Gasteiger charge is -2.08. The largest absolute Gasteiger partial charge is 0.485 e. The van der Waals surface area contributed by atoms with Gasteiger partial charge in [-0.1, -0.05) is 38.1 Å². The summed E-state index contributed by atoms with van der Waals surface area (Å²) in [5, 5.41) is 0. The quantitative estimate of drug-likeness (QED) is 0.556. The summed E-state index contributed by atoms with van der Waals surface area (Å²) in [7, 11) is 0. The van der Waals surface area contributed by atoms with Crippen molar-refractivity contribution in [1.29, 1.82) is 0 Å². The smallest absolute Gasteiger partial charge is 0.200 e. The lowest BCUT2D eigenvalue weighted by molar-refractivity contribution is 0.0921. The minimum absolute atomic E-state index is 0.00524. The third-order valence-electron chi connectivity index (χ3n) is 3.08. The van der Waals surface area contributed by atoms with Crippen LogP contribution in [0.1, 0.15) is 35.7 Å². The molecule has 0 heterocycles. The molecule has 0 amide bonds. The Morgan fingerprint density at radius 1 is 1.05 bits per heavy atom. The van der Waals surface area contributed by atoms with E-state index >= 15 is 0 Å². The van der Waals surface area contributed by atoms with E-state index in [-0.39, 0.29) is 12.4 Å². The zero-order valence-electron chi connectivity index (χ0n) is 11.6. The first-order valence-electron chi connectivity index (χ1n) is 6.58. The van der Waals surface area contributed by atoms with Crippen LogP contribution in [0.15, 0.2) is 48.5 Å². The first kappa shape index (κ1) is 15.0. The van der Waals surface area contributed by atoms with Crippen LogP contribution in [0, 0.1) is 3.57 Å². The summed E-state index contributed by atoms with van der Waals surface area (Å²) in [6.45, 7) is 4.37. The molecule has 3 heteroatoms. The molecule has 0 aliphatic carbocycles. The fourth-order valence-corrected chi connectivity index (χ4v) is 2.18. The van der Waals surface area contributed by atoms with E-state index in [1.165, 1.54) is 5.56 Å². The van der Waals surface area contributed by atoms with Gasteiger partial charge in [-0.25, -0.2) is 0 Å². The van der Waals surface area contributed by atoms with E-state index in [2.05, 4.69) is 36.4 Å². The molecule has 0 bridgehead atoms. The van der Waals surface area contributed by atoms with Gasteiger partial charge in [-0.2, -0.15) is 0 Å². The lowest BCUT2D eigenvalue weighted by atomic mass is 10.0. The van der Waals surface area contributed by atoms with Crippen LogP contribution in [-0.2, 0) is 0 Å². The van der Waals surface area contributed by atoms with E-state index in [1.54, 1.807) is 0 Å². The van der Waals surface area contributed by atoms with E-state index in [1.807, 2.05) is 48.5 Å². The first-order valence-corrected chi connectivity index (χ1v) is 7.65. The van der Waals surface area contributed by atoms with Gasteiger partial charge in [0.25, 0.3) is 0 Å². The molecule has 2 aromatic rings. The van der Waals surface area contributed by atoms with Crippen LogP contribution < -0.4 is 4.74 Å². The Bertz CT molecular complexity index is 571. The molecule has 0 aromatic heterocycles. The van der Waals surface area contributed by atoms with E-state index in [4.69, 9.17) is 4.74 Å². The van der Waals surface area contributed by atoms with E-state index < -0.39 is 0 Å². The third-order valence-corrected chi connectivity index (χ3v) is 3.80. The van der Waals surface area contributed by atoms with Crippen molar-refractivity contribution >= 4 is 28.4 Å². The van der Waals surface area contributed by atoms with E-state index in [0.717, 1.165) is 9.32 Å². The molecule has 0 saturated carbocycles. The number of halogens is 1. The molecule has 0 aliphatic rings. The lowest BCUT2D eigenvalue weighted by Crippen LogP contribution is -2.11. The fourth-order valence-electron chi connectivity index (χ4n) is 1.82. The highest BCUT2D eigenvalue weighted by Crippen LogP contribution is 2.18. The molecule has 0 atom stereocenters. The molecule has 0 spiro atoms. The average molecular weight is 380 g/mol. The number of hydrogen-bond donors (Lipinski definition) is 0. The molecule has 0 unspecified atom stereocenters. The Kier molecular flexibility index (Phi) is 5.17. The second-order valence-corrected chi connectivity index (χ2v) is 6.19. The van der Waals surface area contributed by atoms with Gasteiger partial charge in [-0.05, 0) is 58.3 Å². The van der Waals surface area contributed by atoms with Gasteiger partial charge in [-0.3, -0.25) is 4.79 Å². The molecule has 0 saturated heterocycles. The van der Waals surface area contributed by atoms with Gasteiger partial charge in [0.15, 0.2) is 12.4 Å². The number of ether oxygens (including phenoxy) is 1. The monoisotopic (exact) mass is 380 g/mol. The predicted octanol–water partition coefficient (Wildman–Crippen LogP) is 4.68. The number of rotatable bonds is 5. The van der Waals surface area contributed by atoms with Crippen LogP contribution in [0.25, 0.3) is 0 Å². The van der Waals surface area contributed by atoms with Gasteiger partial charge in [-0.15, -0.1) is 0 Å². The van der Waals surface area contributed by atoms with Crippen molar-refractivity contribution in [2.75, 3.05) is 6.61 Å². The highest BCUT2D eigenvalue weighted by molar-refractivity contribution is 14.1. The van der Waals surface area contributed by atoms with Crippen molar-refractivity contribution in [3.05, 3.63) is 63.2 Å².